The summed E-state index contributed by atoms with van der Waals surface area (Å²) in [4.78, 5) is 26.7. The van der Waals surface area contributed by atoms with Crippen molar-refractivity contribution in [3.8, 4) is 0 Å². The van der Waals surface area contributed by atoms with Crippen LogP contribution in [0.25, 0.3) is 0 Å². The maximum Gasteiger partial charge on any atom is 0.414 e. The van der Waals surface area contributed by atoms with Crippen molar-refractivity contribution in [3.63, 3.8) is 0 Å². The predicted octanol–water partition coefficient (Wildman–Crippen LogP) is 6.92. The van der Waals surface area contributed by atoms with E-state index in [0.717, 1.165) is 41.8 Å². The van der Waals surface area contributed by atoms with Crippen LogP contribution in [-0.2, 0) is 9.53 Å². The van der Waals surface area contributed by atoms with E-state index in [1.807, 2.05) is 35.2 Å². The van der Waals surface area contributed by atoms with E-state index in [4.69, 9.17) is 4.74 Å². The second kappa shape index (κ2) is 7.69. The van der Waals surface area contributed by atoms with Gasteiger partial charge in [-0.05, 0) is 104 Å². The van der Waals surface area contributed by atoms with Gasteiger partial charge in [0, 0.05) is 22.5 Å². The van der Waals surface area contributed by atoms with Crippen LogP contribution in [0, 0.1) is 34.5 Å². The highest BCUT2D eigenvalue weighted by molar-refractivity contribution is 9.10. The summed E-state index contributed by atoms with van der Waals surface area (Å²) >= 11 is 3.48. The minimum absolute atomic E-state index is 0.0189. The molecule has 4 aliphatic carbocycles. The Hall–Kier alpha value is -1.62. The maximum atomic E-state index is 12.8. The SMILES string of the molecule is C[C@]12CC[C@H]3[C@@H](CCC4=CC(=O)CC[C@@]43C)[C@@H]1CC[C@@H]2C1CN(c2ccc(Br)cc2)C(=O)O1. The molecule has 4 nitrogen and oxygen atoms in total. The van der Waals surface area contributed by atoms with Crippen LogP contribution in [0.2, 0.25) is 0 Å². The average molecular weight is 512 g/mol. The fourth-order valence-corrected chi connectivity index (χ4v) is 9.00. The second-order valence-electron chi connectivity index (χ2n) is 11.7. The summed E-state index contributed by atoms with van der Waals surface area (Å²) < 4.78 is 7.05. The van der Waals surface area contributed by atoms with E-state index in [9.17, 15) is 9.59 Å². The fourth-order valence-electron chi connectivity index (χ4n) is 8.74. The predicted molar refractivity (Wildman–Crippen MR) is 132 cm³/mol. The highest BCUT2D eigenvalue weighted by Gasteiger charge is 2.61. The Kier molecular flexibility index (Phi) is 5.10. The van der Waals surface area contributed by atoms with Crippen LogP contribution in [0.15, 0.2) is 40.4 Å². The van der Waals surface area contributed by atoms with Crippen molar-refractivity contribution in [2.75, 3.05) is 11.4 Å². The molecular weight excluding hydrogens is 478 g/mol. The third-order valence-corrected chi connectivity index (χ3v) is 11.0. The first kappa shape index (κ1) is 21.9. The van der Waals surface area contributed by atoms with Crippen molar-refractivity contribution in [2.24, 2.45) is 34.5 Å². The minimum Gasteiger partial charge on any atom is -0.444 e. The van der Waals surface area contributed by atoms with Gasteiger partial charge in [0.25, 0.3) is 0 Å². The van der Waals surface area contributed by atoms with Gasteiger partial charge in [0.15, 0.2) is 5.78 Å². The third kappa shape index (κ3) is 3.28. The molecule has 1 saturated heterocycles. The summed E-state index contributed by atoms with van der Waals surface area (Å²) in [5.41, 5.74) is 2.81. The minimum atomic E-state index is -0.199. The molecule has 0 N–H and O–H groups in total. The second-order valence-corrected chi connectivity index (χ2v) is 12.6. The topological polar surface area (TPSA) is 46.6 Å². The van der Waals surface area contributed by atoms with E-state index in [1.54, 1.807) is 0 Å². The van der Waals surface area contributed by atoms with Crippen LogP contribution < -0.4 is 4.90 Å². The van der Waals surface area contributed by atoms with Crippen LogP contribution >= 0.6 is 15.9 Å². The van der Waals surface area contributed by atoms with Crippen LogP contribution in [0.5, 0.6) is 0 Å². The van der Waals surface area contributed by atoms with Gasteiger partial charge in [0.05, 0.1) is 6.54 Å². The molecule has 5 aliphatic rings. The monoisotopic (exact) mass is 511 g/mol. The lowest BCUT2D eigenvalue weighted by atomic mass is 9.46. The van der Waals surface area contributed by atoms with Gasteiger partial charge in [-0.2, -0.15) is 0 Å². The third-order valence-electron chi connectivity index (χ3n) is 10.5. The van der Waals surface area contributed by atoms with Crippen molar-refractivity contribution < 1.29 is 14.3 Å². The zero-order chi connectivity index (χ0) is 23.0. The first-order chi connectivity index (χ1) is 15.8. The van der Waals surface area contributed by atoms with E-state index >= 15 is 0 Å². The average Bonchev–Trinajstić information content (AvgIpc) is 3.34. The number of nitrogens with zero attached hydrogens (tertiary/aromatic N) is 1. The molecule has 1 aromatic carbocycles. The molecule has 3 saturated carbocycles. The summed E-state index contributed by atoms with van der Waals surface area (Å²) in [5.74, 6) is 2.92. The Morgan fingerprint density at radius 3 is 2.48 bits per heavy atom. The number of ketones is 1. The Morgan fingerprint density at radius 2 is 1.70 bits per heavy atom. The quantitative estimate of drug-likeness (QED) is 0.432. The van der Waals surface area contributed by atoms with Gasteiger partial charge in [-0.3, -0.25) is 9.69 Å². The lowest BCUT2D eigenvalue weighted by molar-refractivity contribution is -0.117. The normalized spacial score (nSPS) is 42.3. The zero-order valence-electron chi connectivity index (χ0n) is 19.7. The number of fused-ring (bicyclic) bond motifs is 5. The molecule has 7 atom stereocenters. The number of hydrogen-bond acceptors (Lipinski definition) is 3. The Bertz CT molecular complexity index is 1020. The standard InChI is InChI=1S/C28H34BrNO3/c1-27-13-11-20(31)15-17(27)3-8-21-22-9-10-24(28(22,2)14-12-23(21)27)25-16-30(26(32)33-25)19-6-4-18(29)5-7-19/h4-7,15,21-25H,3,8-14,16H2,1-2H3/t21-,22-,23-,24+,25?,27-,28-/m0/s1. The highest BCUT2D eigenvalue weighted by atomic mass is 79.9. The van der Waals surface area contributed by atoms with Gasteiger partial charge in [-0.25, -0.2) is 4.79 Å². The van der Waals surface area contributed by atoms with Crippen molar-refractivity contribution in [3.05, 3.63) is 40.4 Å². The van der Waals surface area contributed by atoms with Gasteiger partial charge >= 0.3 is 6.09 Å². The smallest absolute Gasteiger partial charge is 0.414 e. The number of rotatable bonds is 2. The van der Waals surface area contributed by atoms with Crippen LogP contribution in [0.3, 0.4) is 0 Å². The van der Waals surface area contributed by atoms with E-state index in [0.29, 0.717) is 30.1 Å². The summed E-state index contributed by atoms with van der Waals surface area (Å²) in [6.45, 7) is 5.61. The molecule has 1 amide bonds. The summed E-state index contributed by atoms with van der Waals surface area (Å²) in [6.07, 6.45) is 10.7. The van der Waals surface area contributed by atoms with Crippen molar-refractivity contribution in [2.45, 2.75) is 71.3 Å². The Balaban J connectivity index is 1.23. The van der Waals surface area contributed by atoms with Crippen LogP contribution in [0.1, 0.15) is 65.2 Å². The van der Waals surface area contributed by atoms with Gasteiger partial charge in [0.2, 0.25) is 0 Å². The zero-order valence-corrected chi connectivity index (χ0v) is 21.3. The number of carbonyl (C=O) groups is 2. The molecule has 33 heavy (non-hydrogen) atoms. The van der Waals surface area contributed by atoms with E-state index < -0.39 is 0 Å². The lowest BCUT2D eigenvalue weighted by Gasteiger charge is -2.58. The van der Waals surface area contributed by atoms with Crippen LogP contribution in [0.4, 0.5) is 10.5 Å². The molecule has 1 unspecified atom stereocenters. The number of halogens is 1. The molecule has 1 aromatic rings. The summed E-state index contributed by atoms with van der Waals surface area (Å²) in [6, 6.07) is 7.94. The number of amides is 1. The molecular formula is C28H34BrNO3. The number of ether oxygens (including phenoxy) is 1. The Labute approximate surface area is 205 Å². The molecule has 0 radical (unpaired) electrons. The molecule has 6 rings (SSSR count). The number of hydrogen-bond donors (Lipinski definition) is 0. The fraction of sp³-hybridized carbons (Fsp3) is 0.643. The van der Waals surface area contributed by atoms with Crippen molar-refractivity contribution >= 4 is 33.5 Å². The number of carbonyl (C=O) groups excluding carboxylic acids is 2. The van der Waals surface area contributed by atoms with Crippen molar-refractivity contribution in [1.29, 1.82) is 0 Å². The van der Waals surface area contributed by atoms with Gasteiger partial charge in [-0.1, -0.05) is 35.4 Å². The van der Waals surface area contributed by atoms with Gasteiger partial charge in [-0.15, -0.1) is 0 Å². The molecule has 0 spiro atoms. The maximum absolute atomic E-state index is 12.8. The molecule has 1 aliphatic heterocycles. The molecule has 1 heterocycles. The first-order valence-electron chi connectivity index (χ1n) is 12.8. The van der Waals surface area contributed by atoms with E-state index in [1.165, 1.54) is 31.3 Å². The van der Waals surface area contributed by atoms with Gasteiger partial charge in [0.1, 0.15) is 6.10 Å². The molecule has 4 fully saturated rings. The summed E-state index contributed by atoms with van der Waals surface area (Å²) in [5, 5.41) is 0. The number of cyclic esters (lactones) is 1. The molecule has 0 aromatic heterocycles. The Morgan fingerprint density at radius 1 is 0.939 bits per heavy atom. The highest BCUT2D eigenvalue weighted by Crippen LogP contribution is 2.67. The van der Waals surface area contributed by atoms with E-state index in [2.05, 4.69) is 29.8 Å². The lowest BCUT2D eigenvalue weighted by Crippen LogP contribution is -2.51. The van der Waals surface area contributed by atoms with Crippen LogP contribution in [-0.4, -0.2) is 24.5 Å². The molecule has 0 bridgehead atoms. The number of anilines is 1. The molecule has 5 heteroatoms. The van der Waals surface area contributed by atoms with Gasteiger partial charge < -0.3 is 4.74 Å². The van der Waals surface area contributed by atoms with E-state index in [-0.39, 0.29) is 23.0 Å². The summed E-state index contributed by atoms with van der Waals surface area (Å²) in [7, 11) is 0. The number of benzene rings is 1. The molecule has 176 valence electrons. The first-order valence-corrected chi connectivity index (χ1v) is 13.6. The largest absolute Gasteiger partial charge is 0.444 e. The van der Waals surface area contributed by atoms with Crippen molar-refractivity contribution in [1.82, 2.24) is 0 Å². The number of allylic oxidation sites excluding steroid dienone is 1.